The maximum absolute atomic E-state index is 12.1. The molecule has 136 valence electrons. The van der Waals surface area contributed by atoms with Crippen molar-refractivity contribution in [2.75, 3.05) is 18.5 Å². The number of nitrogens with zero attached hydrogens (tertiary/aromatic N) is 1. The molecular formula is C17H16ClN3O5. The van der Waals surface area contributed by atoms with Crippen molar-refractivity contribution in [3.8, 4) is 5.75 Å². The van der Waals surface area contributed by atoms with Gasteiger partial charge in [0.25, 0.3) is 11.6 Å². The highest BCUT2D eigenvalue weighted by Gasteiger charge is 2.16. The molecule has 2 aromatic rings. The molecule has 2 N–H and O–H groups in total. The van der Waals surface area contributed by atoms with Crippen molar-refractivity contribution in [3.05, 3.63) is 63.2 Å². The van der Waals surface area contributed by atoms with E-state index >= 15 is 0 Å². The first kappa shape index (κ1) is 19.2. The number of rotatable bonds is 7. The van der Waals surface area contributed by atoms with Crippen molar-refractivity contribution in [1.82, 2.24) is 5.32 Å². The molecule has 0 aliphatic rings. The lowest BCUT2D eigenvalue weighted by molar-refractivity contribution is -0.384. The normalized spacial score (nSPS) is 10.1. The second-order valence-electron chi connectivity index (χ2n) is 5.11. The standard InChI is InChI=1S/C17H16ClN3O5/c1-2-26-13-6-3-11(4-7-13)20-16(22)10-19-17(23)14-9-12(21(24)25)5-8-15(14)18/h3-9H,2,10H2,1H3,(H,19,23)(H,20,22). The minimum absolute atomic E-state index is 0.0556. The van der Waals surface area contributed by atoms with Crippen LogP contribution in [0.1, 0.15) is 17.3 Å². The van der Waals surface area contributed by atoms with Crippen LogP contribution >= 0.6 is 11.6 Å². The van der Waals surface area contributed by atoms with E-state index in [1.54, 1.807) is 24.3 Å². The number of hydrogen-bond donors (Lipinski definition) is 2. The number of benzene rings is 2. The van der Waals surface area contributed by atoms with Gasteiger partial charge in [-0.15, -0.1) is 0 Å². The lowest BCUT2D eigenvalue weighted by Gasteiger charge is -2.09. The number of nitrogens with one attached hydrogen (secondary N) is 2. The second-order valence-corrected chi connectivity index (χ2v) is 5.52. The Morgan fingerprint density at radius 3 is 2.50 bits per heavy atom. The third-order valence-corrected chi connectivity index (χ3v) is 3.59. The summed E-state index contributed by atoms with van der Waals surface area (Å²) in [5, 5.41) is 15.8. The SMILES string of the molecule is CCOc1ccc(NC(=O)CNC(=O)c2cc([N+](=O)[O-])ccc2Cl)cc1. The lowest BCUT2D eigenvalue weighted by atomic mass is 10.2. The molecule has 8 nitrogen and oxygen atoms in total. The molecule has 2 aromatic carbocycles. The topological polar surface area (TPSA) is 111 Å². The van der Waals surface area contributed by atoms with Gasteiger partial charge in [-0.05, 0) is 37.3 Å². The van der Waals surface area contributed by atoms with E-state index in [1.165, 1.54) is 12.1 Å². The maximum Gasteiger partial charge on any atom is 0.270 e. The molecule has 0 saturated heterocycles. The highest BCUT2D eigenvalue weighted by molar-refractivity contribution is 6.34. The van der Waals surface area contributed by atoms with Crippen LogP contribution in [0, 0.1) is 10.1 Å². The lowest BCUT2D eigenvalue weighted by Crippen LogP contribution is -2.33. The number of amides is 2. The zero-order valence-electron chi connectivity index (χ0n) is 13.8. The van der Waals surface area contributed by atoms with E-state index in [1.807, 2.05) is 6.92 Å². The largest absolute Gasteiger partial charge is 0.494 e. The number of non-ortho nitro benzene ring substituents is 1. The first-order valence-corrected chi connectivity index (χ1v) is 8.03. The van der Waals surface area contributed by atoms with E-state index in [9.17, 15) is 19.7 Å². The fourth-order valence-corrected chi connectivity index (χ4v) is 2.27. The summed E-state index contributed by atoms with van der Waals surface area (Å²) in [5.41, 5.74) is 0.203. The Bertz CT molecular complexity index is 824. The smallest absolute Gasteiger partial charge is 0.270 e. The van der Waals surface area contributed by atoms with Gasteiger partial charge in [-0.3, -0.25) is 19.7 Å². The van der Waals surface area contributed by atoms with Gasteiger partial charge in [-0.1, -0.05) is 11.6 Å². The van der Waals surface area contributed by atoms with Gasteiger partial charge in [-0.2, -0.15) is 0 Å². The van der Waals surface area contributed by atoms with Crippen LogP contribution in [0.25, 0.3) is 0 Å². The zero-order valence-corrected chi connectivity index (χ0v) is 14.6. The summed E-state index contributed by atoms with van der Waals surface area (Å²) >= 11 is 5.89. The number of hydrogen-bond acceptors (Lipinski definition) is 5. The fraction of sp³-hybridized carbons (Fsp3) is 0.176. The Labute approximate surface area is 154 Å². The van der Waals surface area contributed by atoms with Crippen LogP contribution in [-0.4, -0.2) is 29.9 Å². The van der Waals surface area contributed by atoms with Gasteiger partial charge in [0.05, 0.1) is 28.7 Å². The zero-order chi connectivity index (χ0) is 19.1. The average Bonchev–Trinajstić information content (AvgIpc) is 2.61. The van der Waals surface area contributed by atoms with Gasteiger partial charge in [0.15, 0.2) is 0 Å². The number of halogens is 1. The number of nitro benzene ring substituents is 1. The first-order valence-electron chi connectivity index (χ1n) is 7.65. The van der Waals surface area contributed by atoms with Crippen molar-refractivity contribution >= 4 is 34.8 Å². The van der Waals surface area contributed by atoms with Crippen molar-refractivity contribution in [2.45, 2.75) is 6.92 Å². The Balaban J connectivity index is 1.93. The van der Waals surface area contributed by atoms with Gasteiger partial charge in [0, 0.05) is 17.8 Å². The van der Waals surface area contributed by atoms with E-state index in [4.69, 9.17) is 16.3 Å². The van der Waals surface area contributed by atoms with Gasteiger partial charge in [-0.25, -0.2) is 0 Å². The third-order valence-electron chi connectivity index (χ3n) is 3.26. The molecule has 0 aromatic heterocycles. The Hall–Kier alpha value is -3.13. The Morgan fingerprint density at radius 2 is 1.88 bits per heavy atom. The molecule has 26 heavy (non-hydrogen) atoms. The predicted molar refractivity (Wildman–Crippen MR) is 96.7 cm³/mol. The van der Waals surface area contributed by atoms with Crippen LogP contribution in [0.15, 0.2) is 42.5 Å². The number of ether oxygens (including phenoxy) is 1. The van der Waals surface area contributed by atoms with Crippen molar-refractivity contribution in [3.63, 3.8) is 0 Å². The van der Waals surface area contributed by atoms with Gasteiger partial charge < -0.3 is 15.4 Å². The molecule has 0 spiro atoms. The second kappa shape index (κ2) is 8.82. The summed E-state index contributed by atoms with van der Waals surface area (Å²) in [4.78, 5) is 34.2. The molecule has 0 radical (unpaired) electrons. The van der Waals surface area contributed by atoms with Crippen LogP contribution in [0.5, 0.6) is 5.75 Å². The first-order chi connectivity index (χ1) is 12.4. The summed E-state index contributed by atoms with van der Waals surface area (Å²) in [7, 11) is 0. The van der Waals surface area contributed by atoms with Gasteiger partial charge in [0.2, 0.25) is 5.91 Å². The summed E-state index contributed by atoms with van der Waals surface area (Å²) < 4.78 is 5.30. The quantitative estimate of drug-likeness (QED) is 0.569. The Morgan fingerprint density at radius 1 is 1.19 bits per heavy atom. The van der Waals surface area contributed by atoms with Crippen LogP contribution in [0.4, 0.5) is 11.4 Å². The van der Waals surface area contributed by atoms with Gasteiger partial charge in [0.1, 0.15) is 5.75 Å². The number of nitro groups is 1. The number of carbonyl (C=O) groups excluding carboxylic acids is 2. The molecule has 0 heterocycles. The van der Waals surface area contributed by atoms with Crippen LogP contribution in [0.2, 0.25) is 5.02 Å². The predicted octanol–water partition coefficient (Wildman–Crippen LogP) is 3.02. The minimum atomic E-state index is -0.680. The molecule has 0 fully saturated rings. The minimum Gasteiger partial charge on any atom is -0.494 e. The van der Waals surface area contributed by atoms with E-state index in [0.717, 1.165) is 6.07 Å². The molecular weight excluding hydrogens is 362 g/mol. The number of carbonyl (C=O) groups is 2. The van der Waals surface area contributed by atoms with E-state index in [0.29, 0.717) is 18.0 Å². The third kappa shape index (κ3) is 5.18. The van der Waals surface area contributed by atoms with Crippen LogP contribution < -0.4 is 15.4 Å². The van der Waals surface area contributed by atoms with Crippen LogP contribution in [-0.2, 0) is 4.79 Å². The average molecular weight is 378 g/mol. The molecule has 2 rings (SSSR count). The van der Waals surface area contributed by atoms with Crippen molar-refractivity contribution in [1.29, 1.82) is 0 Å². The molecule has 2 amide bonds. The highest BCUT2D eigenvalue weighted by atomic mass is 35.5. The van der Waals surface area contributed by atoms with E-state index in [-0.39, 0.29) is 22.8 Å². The summed E-state index contributed by atoms with van der Waals surface area (Å²) in [6, 6.07) is 10.3. The summed E-state index contributed by atoms with van der Waals surface area (Å²) in [5.74, 6) is -0.455. The molecule has 0 aliphatic heterocycles. The molecule has 0 unspecified atom stereocenters. The van der Waals surface area contributed by atoms with Crippen molar-refractivity contribution in [2.24, 2.45) is 0 Å². The molecule has 9 heteroatoms. The number of anilines is 1. The maximum atomic E-state index is 12.1. The summed E-state index contributed by atoms with van der Waals surface area (Å²) in [6.45, 7) is 2.09. The molecule has 0 bridgehead atoms. The van der Waals surface area contributed by atoms with Crippen LogP contribution in [0.3, 0.4) is 0 Å². The van der Waals surface area contributed by atoms with Gasteiger partial charge >= 0.3 is 0 Å². The van der Waals surface area contributed by atoms with Crippen molar-refractivity contribution < 1.29 is 19.2 Å². The molecule has 0 aliphatic carbocycles. The molecule has 0 atom stereocenters. The molecule has 0 saturated carbocycles. The Kier molecular flexibility index (Phi) is 6.51. The summed E-state index contributed by atoms with van der Waals surface area (Å²) in [6.07, 6.45) is 0. The fourth-order valence-electron chi connectivity index (χ4n) is 2.06. The van der Waals surface area contributed by atoms with E-state index < -0.39 is 16.7 Å². The highest BCUT2D eigenvalue weighted by Crippen LogP contribution is 2.22. The monoisotopic (exact) mass is 377 g/mol. The van der Waals surface area contributed by atoms with E-state index in [2.05, 4.69) is 10.6 Å².